The van der Waals surface area contributed by atoms with Gasteiger partial charge < -0.3 is 4.52 Å². The summed E-state index contributed by atoms with van der Waals surface area (Å²) in [6.45, 7) is 2.02. The van der Waals surface area contributed by atoms with Crippen LogP contribution in [0.25, 0.3) is 0 Å². The van der Waals surface area contributed by atoms with Crippen LogP contribution in [0.5, 0.6) is 0 Å². The van der Waals surface area contributed by atoms with Gasteiger partial charge in [0.05, 0.1) is 6.26 Å². The Hall–Kier alpha value is -1.85. The van der Waals surface area contributed by atoms with Gasteiger partial charge in [0.2, 0.25) is 0 Å². The lowest BCUT2D eigenvalue weighted by Crippen LogP contribution is -2.11. The lowest BCUT2D eigenvalue weighted by molar-refractivity contribution is 0.547. The Bertz CT molecular complexity index is 507. The van der Waals surface area contributed by atoms with E-state index in [0.29, 0.717) is 0 Å². The molecule has 0 saturated carbocycles. The van der Waals surface area contributed by atoms with Gasteiger partial charge in [0.1, 0.15) is 8.15 Å². The Balaban J connectivity index is 2.15. The second-order valence-corrected chi connectivity index (χ2v) is 6.08. The van der Waals surface area contributed by atoms with Gasteiger partial charge in [-0.1, -0.05) is 72.8 Å². The van der Waals surface area contributed by atoms with Gasteiger partial charge in [-0.3, -0.25) is 0 Å². The SMILES string of the molecule is CC=CCC=COP(c1ccccc1)c1ccccc1. The van der Waals surface area contributed by atoms with Crippen molar-refractivity contribution in [3.05, 3.63) is 85.2 Å². The summed E-state index contributed by atoms with van der Waals surface area (Å²) in [6.07, 6.45) is 8.92. The number of allylic oxidation sites excluding steroid dienone is 3. The van der Waals surface area contributed by atoms with Crippen LogP contribution in [-0.2, 0) is 4.52 Å². The maximum atomic E-state index is 6.01. The molecule has 0 amide bonds. The smallest absolute Gasteiger partial charge is 0.149 e. The van der Waals surface area contributed by atoms with Crippen LogP contribution in [0.2, 0.25) is 0 Å². The van der Waals surface area contributed by atoms with Crippen LogP contribution in [0.3, 0.4) is 0 Å². The van der Waals surface area contributed by atoms with Crippen molar-refractivity contribution in [3.63, 3.8) is 0 Å². The van der Waals surface area contributed by atoms with Gasteiger partial charge >= 0.3 is 0 Å². The highest BCUT2D eigenvalue weighted by molar-refractivity contribution is 7.68. The van der Waals surface area contributed by atoms with Crippen LogP contribution < -0.4 is 10.6 Å². The van der Waals surface area contributed by atoms with Crippen molar-refractivity contribution in [2.75, 3.05) is 0 Å². The van der Waals surface area contributed by atoms with Crippen molar-refractivity contribution in [2.24, 2.45) is 0 Å². The first-order valence-electron chi connectivity index (χ1n) is 6.75. The molecule has 0 aliphatic heterocycles. The minimum atomic E-state index is -0.783. The van der Waals surface area contributed by atoms with Crippen molar-refractivity contribution >= 4 is 18.8 Å². The van der Waals surface area contributed by atoms with E-state index in [2.05, 4.69) is 54.6 Å². The van der Waals surface area contributed by atoms with E-state index in [1.165, 1.54) is 10.6 Å². The first-order chi connectivity index (χ1) is 9.92. The van der Waals surface area contributed by atoms with Gasteiger partial charge in [-0.2, -0.15) is 0 Å². The predicted octanol–water partition coefficient (Wildman–Crippen LogP) is 4.53. The van der Waals surface area contributed by atoms with Crippen molar-refractivity contribution in [1.82, 2.24) is 0 Å². The highest BCUT2D eigenvalue weighted by Crippen LogP contribution is 2.34. The third-order valence-electron chi connectivity index (χ3n) is 2.75. The van der Waals surface area contributed by atoms with Crippen LogP contribution in [0.4, 0.5) is 0 Å². The number of rotatable bonds is 6. The summed E-state index contributed by atoms with van der Waals surface area (Å²) in [5.74, 6) is 0. The zero-order chi connectivity index (χ0) is 14.0. The summed E-state index contributed by atoms with van der Waals surface area (Å²) in [5, 5.41) is 2.45. The van der Waals surface area contributed by atoms with Gasteiger partial charge in [-0.15, -0.1) is 0 Å². The van der Waals surface area contributed by atoms with E-state index in [1.54, 1.807) is 0 Å². The largest absolute Gasteiger partial charge is 0.472 e. The van der Waals surface area contributed by atoms with E-state index in [4.69, 9.17) is 4.52 Å². The number of hydrogen-bond acceptors (Lipinski definition) is 1. The maximum absolute atomic E-state index is 6.01. The van der Waals surface area contributed by atoms with Crippen LogP contribution in [-0.4, -0.2) is 0 Å². The topological polar surface area (TPSA) is 9.23 Å². The fraction of sp³-hybridized carbons (Fsp3) is 0.111. The summed E-state index contributed by atoms with van der Waals surface area (Å²) < 4.78 is 6.01. The zero-order valence-electron chi connectivity index (χ0n) is 11.6. The van der Waals surface area contributed by atoms with Gasteiger partial charge in [0.25, 0.3) is 0 Å². The van der Waals surface area contributed by atoms with Gasteiger partial charge in [-0.05, 0) is 19.4 Å². The predicted molar refractivity (Wildman–Crippen MR) is 88.7 cm³/mol. The summed E-state index contributed by atoms with van der Waals surface area (Å²) in [5.41, 5.74) is 0. The molecule has 102 valence electrons. The Morgan fingerprint density at radius 2 is 1.40 bits per heavy atom. The van der Waals surface area contributed by atoms with Crippen molar-refractivity contribution in [3.8, 4) is 0 Å². The van der Waals surface area contributed by atoms with Gasteiger partial charge in [-0.25, -0.2) is 0 Å². The minimum absolute atomic E-state index is 0.783. The van der Waals surface area contributed by atoms with Crippen LogP contribution in [0.1, 0.15) is 13.3 Å². The Morgan fingerprint density at radius 1 is 0.850 bits per heavy atom. The summed E-state index contributed by atoms with van der Waals surface area (Å²) in [4.78, 5) is 0. The van der Waals surface area contributed by atoms with E-state index in [-0.39, 0.29) is 0 Å². The first kappa shape index (κ1) is 14.6. The third-order valence-corrected chi connectivity index (χ3v) is 4.62. The quantitative estimate of drug-likeness (QED) is 0.429. The monoisotopic (exact) mass is 282 g/mol. The molecule has 2 heteroatoms. The van der Waals surface area contributed by atoms with Crippen LogP contribution >= 0.6 is 8.15 Å². The highest BCUT2D eigenvalue weighted by atomic mass is 31.1. The normalized spacial score (nSPS) is 11.5. The first-order valence-corrected chi connectivity index (χ1v) is 8.01. The summed E-state index contributed by atoms with van der Waals surface area (Å²) in [6, 6.07) is 20.8. The molecule has 2 rings (SSSR count). The highest BCUT2D eigenvalue weighted by Gasteiger charge is 2.14. The third kappa shape index (κ3) is 4.36. The molecule has 0 heterocycles. The molecular weight excluding hydrogens is 263 g/mol. The molecular formula is C18H19OP. The molecule has 0 saturated heterocycles. The van der Waals surface area contributed by atoms with Gasteiger partial charge in [0, 0.05) is 10.6 Å². The van der Waals surface area contributed by atoms with Crippen LogP contribution in [0, 0.1) is 0 Å². The molecule has 0 N–H and O–H groups in total. The Kier molecular flexibility index (Phi) is 6.07. The molecule has 0 unspecified atom stereocenters. The Labute approximate surface area is 122 Å². The standard InChI is InChI=1S/C18H19OP/c1-2-3-4-11-16-19-20(17-12-7-5-8-13-17)18-14-9-6-10-15-18/h2-3,5-16H,4H2,1H3. The molecule has 0 atom stereocenters. The second-order valence-electron chi connectivity index (χ2n) is 4.25. The van der Waals surface area contributed by atoms with Crippen molar-refractivity contribution < 1.29 is 4.52 Å². The van der Waals surface area contributed by atoms with Crippen molar-refractivity contribution in [2.45, 2.75) is 13.3 Å². The molecule has 2 aromatic rings. The lowest BCUT2D eigenvalue weighted by atomic mass is 10.4. The maximum Gasteiger partial charge on any atom is 0.149 e. The molecule has 0 aromatic heterocycles. The molecule has 0 radical (unpaired) electrons. The molecule has 20 heavy (non-hydrogen) atoms. The molecule has 0 aliphatic rings. The molecule has 0 spiro atoms. The van der Waals surface area contributed by atoms with E-state index in [9.17, 15) is 0 Å². The molecule has 0 fully saturated rings. The van der Waals surface area contributed by atoms with E-state index < -0.39 is 8.15 Å². The minimum Gasteiger partial charge on any atom is -0.472 e. The average Bonchev–Trinajstić information content (AvgIpc) is 2.53. The Morgan fingerprint density at radius 3 is 1.90 bits per heavy atom. The second kappa shape index (κ2) is 8.35. The van der Waals surface area contributed by atoms with E-state index >= 15 is 0 Å². The fourth-order valence-corrected chi connectivity index (χ4v) is 3.41. The van der Waals surface area contributed by atoms with Crippen LogP contribution in [0.15, 0.2) is 85.2 Å². The number of hydrogen-bond donors (Lipinski definition) is 0. The lowest BCUT2D eigenvalue weighted by Gasteiger charge is -2.16. The number of benzene rings is 2. The molecule has 1 nitrogen and oxygen atoms in total. The molecule has 0 bridgehead atoms. The fourth-order valence-electron chi connectivity index (χ4n) is 1.77. The van der Waals surface area contributed by atoms with Gasteiger partial charge in [0.15, 0.2) is 0 Å². The van der Waals surface area contributed by atoms with E-state index in [1.807, 2.05) is 37.5 Å². The molecule has 2 aromatic carbocycles. The summed E-state index contributed by atoms with van der Waals surface area (Å²) >= 11 is 0. The summed E-state index contributed by atoms with van der Waals surface area (Å²) in [7, 11) is -0.783. The molecule has 0 aliphatic carbocycles. The zero-order valence-corrected chi connectivity index (χ0v) is 12.5. The van der Waals surface area contributed by atoms with Crippen molar-refractivity contribution in [1.29, 1.82) is 0 Å². The average molecular weight is 282 g/mol. The van der Waals surface area contributed by atoms with E-state index in [0.717, 1.165) is 6.42 Å².